The zero-order valence-electron chi connectivity index (χ0n) is 17.5. The normalized spacial score (nSPS) is 13.2. The van der Waals surface area contributed by atoms with Crippen LogP contribution >= 0.6 is 11.3 Å². The third kappa shape index (κ3) is 4.76. The van der Waals surface area contributed by atoms with Crippen molar-refractivity contribution in [3.05, 3.63) is 44.4 Å². The number of nitro benzene ring substituents is 1. The highest BCUT2D eigenvalue weighted by atomic mass is 32.1. The van der Waals surface area contributed by atoms with E-state index in [2.05, 4.69) is 10.3 Å². The van der Waals surface area contributed by atoms with Crippen molar-refractivity contribution < 1.29 is 14.5 Å². The molecule has 1 aromatic heterocycles. The van der Waals surface area contributed by atoms with Crippen molar-refractivity contribution in [1.82, 2.24) is 9.88 Å². The first-order valence-electron chi connectivity index (χ1n) is 9.69. The van der Waals surface area contributed by atoms with Crippen LogP contribution < -0.4 is 10.2 Å². The van der Waals surface area contributed by atoms with Gasteiger partial charge in [-0.05, 0) is 18.1 Å². The Balaban J connectivity index is 1.73. The van der Waals surface area contributed by atoms with Gasteiger partial charge in [0.05, 0.1) is 17.2 Å². The first-order valence-corrected chi connectivity index (χ1v) is 10.5. The van der Waals surface area contributed by atoms with Crippen LogP contribution in [0.4, 0.5) is 16.5 Å². The Morgan fingerprint density at radius 2 is 2.10 bits per heavy atom. The molecule has 0 bridgehead atoms. The number of aromatic nitrogens is 1. The zero-order valence-corrected chi connectivity index (χ0v) is 18.3. The molecule has 1 aliphatic heterocycles. The number of anilines is 2. The number of hydrogen-bond donors (Lipinski definition) is 1. The van der Waals surface area contributed by atoms with Crippen LogP contribution in [0.2, 0.25) is 0 Å². The maximum atomic E-state index is 12.6. The Morgan fingerprint density at radius 1 is 1.37 bits per heavy atom. The summed E-state index contributed by atoms with van der Waals surface area (Å²) in [5.74, 6) is -0.0247. The standard InChI is InChI=1S/C20H25N5O4S/c1-12(2)9-18(26)24-8-7-14-17(11-24)30-20(21-14)22-19(27)13-5-6-15(23(3)4)16(10-13)25(28)29/h5-6,10,12H,7-9,11H2,1-4H3,(H,21,22,27). The van der Waals surface area contributed by atoms with Crippen LogP contribution in [0, 0.1) is 16.0 Å². The minimum Gasteiger partial charge on any atom is -0.372 e. The van der Waals surface area contributed by atoms with Crippen molar-refractivity contribution in [2.24, 2.45) is 5.92 Å². The lowest BCUT2D eigenvalue weighted by atomic mass is 10.1. The number of rotatable bonds is 6. The molecule has 30 heavy (non-hydrogen) atoms. The highest BCUT2D eigenvalue weighted by Gasteiger charge is 2.25. The highest BCUT2D eigenvalue weighted by molar-refractivity contribution is 7.15. The molecule has 2 aromatic rings. The van der Waals surface area contributed by atoms with Gasteiger partial charge in [-0.3, -0.25) is 25.0 Å². The summed E-state index contributed by atoms with van der Waals surface area (Å²) < 4.78 is 0. The maximum absolute atomic E-state index is 12.6. The molecule has 9 nitrogen and oxygen atoms in total. The van der Waals surface area contributed by atoms with E-state index < -0.39 is 10.8 Å². The molecular weight excluding hydrogens is 406 g/mol. The van der Waals surface area contributed by atoms with E-state index in [9.17, 15) is 19.7 Å². The van der Waals surface area contributed by atoms with Crippen LogP contribution in [0.5, 0.6) is 0 Å². The van der Waals surface area contributed by atoms with Crippen molar-refractivity contribution >= 4 is 39.7 Å². The summed E-state index contributed by atoms with van der Waals surface area (Å²) in [6, 6.07) is 4.38. The third-order valence-corrected chi connectivity index (χ3v) is 5.80. The molecule has 0 fully saturated rings. The van der Waals surface area contributed by atoms with E-state index in [1.165, 1.54) is 17.4 Å². The average Bonchev–Trinajstić information content (AvgIpc) is 3.08. The van der Waals surface area contributed by atoms with Gasteiger partial charge in [-0.1, -0.05) is 25.2 Å². The number of amides is 2. The molecule has 2 heterocycles. The molecule has 160 valence electrons. The van der Waals surface area contributed by atoms with E-state index in [0.717, 1.165) is 10.6 Å². The molecule has 0 saturated heterocycles. The lowest BCUT2D eigenvalue weighted by molar-refractivity contribution is -0.384. The molecular formula is C20H25N5O4S. The van der Waals surface area contributed by atoms with Gasteiger partial charge in [0.25, 0.3) is 11.6 Å². The van der Waals surface area contributed by atoms with Gasteiger partial charge in [0.15, 0.2) is 5.13 Å². The summed E-state index contributed by atoms with van der Waals surface area (Å²) in [7, 11) is 3.41. The van der Waals surface area contributed by atoms with Gasteiger partial charge in [0.1, 0.15) is 5.69 Å². The van der Waals surface area contributed by atoms with E-state index >= 15 is 0 Å². The fourth-order valence-electron chi connectivity index (χ4n) is 3.30. The monoisotopic (exact) mass is 431 g/mol. The minimum absolute atomic E-state index is 0.128. The Hall–Kier alpha value is -3.01. The van der Waals surface area contributed by atoms with E-state index in [-0.39, 0.29) is 17.2 Å². The van der Waals surface area contributed by atoms with Gasteiger partial charge >= 0.3 is 0 Å². The second-order valence-electron chi connectivity index (χ2n) is 7.86. The molecule has 1 aromatic carbocycles. The molecule has 0 spiro atoms. The molecule has 1 N–H and O–H groups in total. The van der Waals surface area contributed by atoms with Crippen molar-refractivity contribution in [3.8, 4) is 0 Å². The number of benzene rings is 1. The Kier molecular flexibility index (Phi) is 6.35. The first kappa shape index (κ1) is 21.7. The number of fused-ring (bicyclic) bond motifs is 1. The predicted molar refractivity (Wildman–Crippen MR) is 116 cm³/mol. The van der Waals surface area contributed by atoms with Gasteiger partial charge in [0, 0.05) is 50.0 Å². The number of nitrogens with one attached hydrogen (secondary N) is 1. The summed E-state index contributed by atoms with van der Waals surface area (Å²) in [5, 5.41) is 14.5. The fraction of sp³-hybridized carbons (Fsp3) is 0.450. The van der Waals surface area contributed by atoms with Crippen LogP contribution in [0.3, 0.4) is 0 Å². The van der Waals surface area contributed by atoms with Crippen molar-refractivity contribution in [1.29, 1.82) is 0 Å². The van der Waals surface area contributed by atoms with Gasteiger partial charge in [-0.2, -0.15) is 0 Å². The topological polar surface area (TPSA) is 109 Å². The summed E-state index contributed by atoms with van der Waals surface area (Å²) in [5.41, 5.74) is 1.37. The molecule has 1 aliphatic rings. The number of nitro groups is 1. The van der Waals surface area contributed by atoms with Crippen LogP contribution in [0.25, 0.3) is 0 Å². The number of carbonyl (C=O) groups excluding carboxylic acids is 2. The molecule has 0 atom stereocenters. The van der Waals surface area contributed by atoms with Gasteiger partial charge < -0.3 is 9.80 Å². The van der Waals surface area contributed by atoms with E-state index in [4.69, 9.17) is 0 Å². The highest BCUT2D eigenvalue weighted by Crippen LogP contribution is 2.31. The molecule has 0 radical (unpaired) electrons. The largest absolute Gasteiger partial charge is 0.372 e. The van der Waals surface area contributed by atoms with E-state index in [0.29, 0.717) is 42.7 Å². The van der Waals surface area contributed by atoms with E-state index in [1.54, 1.807) is 31.1 Å². The van der Waals surface area contributed by atoms with Crippen molar-refractivity contribution in [3.63, 3.8) is 0 Å². The lowest BCUT2D eigenvalue weighted by Gasteiger charge is -2.26. The quantitative estimate of drug-likeness (QED) is 0.555. The van der Waals surface area contributed by atoms with Crippen LogP contribution in [-0.2, 0) is 17.8 Å². The molecule has 10 heteroatoms. The van der Waals surface area contributed by atoms with Gasteiger partial charge in [0.2, 0.25) is 5.91 Å². The molecule has 0 saturated carbocycles. The van der Waals surface area contributed by atoms with Gasteiger partial charge in [-0.25, -0.2) is 4.98 Å². The summed E-state index contributed by atoms with van der Waals surface area (Å²) >= 11 is 1.34. The second kappa shape index (κ2) is 8.78. The smallest absolute Gasteiger partial charge is 0.293 e. The van der Waals surface area contributed by atoms with Crippen LogP contribution in [-0.4, -0.2) is 47.3 Å². The molecule has 3 rings (SSSR count). The lowest BCUT2D eigenvalue weighted by Crippen LogP contribution is -2.36. The molecule has 0 aliphatic carbocycles. The van der Waals surface area contributed by atoms with E-state index in [1.807, 2.05) is 18.7 Å². The third-order valence-electron chi connectivity index (χ3n) is 4.80. The summed E-state index contributed by atoms with van der Waals surface area (Å²) in [6.07, 6.45) is 1.16. The second-order valence-corrected chi connectivity index (χ2v) is 8.94. The SMILES string of the molecule is CC(C)CC(=O)N1CCc2nc(NC(=O)c3ccc(N(C)C)c([N+](=O)[O-])c3)sc2C1. The number of carbonyl (C=O) groups is 2. The summed E-state index contributed by atoms with van der Waals surface area (Å²) in [6.45, 7) is 5.15. The van der Waals surface area contributed by atoms with Crippen molar-refractivity contribution in [2.45, 2.75) is 33.2 Å². The first-order chi connectivity index (χ1) is 14.2. The maximum Gasteiger partial charge on any atom is 0.293 e. The van der Waals surface area contributed by atoms with Crippen LogP contribution in [0.1, 0.15) is 41.2 Å². The predicted octanol–water partition coefficient (Wildman–Crippen LogP) is 3.30. The molecule has 2 amide bonds. The Morgan fingerprint density at radius 3 is 2.73 bits per heavy atom. The molecule has 0 unspecified atom stereocenters. The Bertz CT molecular complexity index is 986. The summed E-state index contributed by atoms with van der Waals surface area (Å²) in [4.78, 5) is 44.7. The number of hydrogen-bond acceptors (Lipinski definition) is 7. The number of nitrogens with zero attached hydrogens (tertiary/aromatic N) is 4. The number of thiazole rings is 1. The zero-order chi connectivity index (χ0) is 22.0. The minimum atomic E-state index is -0.503. The van der Waals surface area contributed by atoms with Crippen LogP contribution in [0.15, 0.2) is 18.2 Å². The average molecular weight is 432 g/mol. The Labute approximate surface area is 178 Å². The fourth-order valence-corrected chi connectivity index (χ4v) is 4.32. The van der Waals surface area contributed by atoms with Gasteiger partial charge in [-0.15, -0.1) is 0 Å². The van der Waals surface area contributed by atoms with Crippen molar-refractivity contribution in [2.75, 3.05) is 30.9 Å².